The number of fused-ring (bicyclic) bond motifs is 8. The fraction of sp³-hybridized carbons (Fsp3) is 0. The van der Waals surface area contributed by atoms with Crippen LogP contribution >= 0.6 is 0 Å². The van der Waals surface area contributed by atoms with Crippen molar-refractivity contribution in [2.24, 2.45) is 0 Å². The number of H-pyrrole nitrogens is 2. The molecule has 1 aromatic carbocycles. The van der Waals surface area contributed by atoms with Gasteiger partial charge in [-0.25, -0.2) is 9.97 Å². The zero-order chi connectivity index (χ0) is 20.2. The van der Waals surface area contributed by atoms with Crippen LogP contribution in [0.25, 0.3) is 46.4 Å². The van der Waals surface area contributed by atoms with Crippen molar-refractivity contribution in [2.75, 3.05) is 0 Å². The second-order valence-corrected chi connectivity index (χ2v) is 7.06. The van der Waals surface area contributed by atoms with Crippen molar-refractivity contribution in [3.63, 3.8) is 0 Å². The molecule has 5 nitrogen and oxygen atoms in total. The van der Waals surface area contributed by atoms with Crippen LogP contribution in [0, 0.1) is 0 Å². The molecule has 2 aliphatic heterocycles. The van der Waals surface area contributed by atoms with Crippen LogP contribution in [0.15, 0.2) is 84.9 Å². The van der Waals surface area contributed by atoms with Crippen LogP contribution in [0.2, 0.25) is 0 Å². The van der Waals surface area contributed by atoms with E-state index in [9.17, 15) is 0 Å². The fourth-order valence-electron chi connectivity index (χ4n) is 3.33. The molecule has 32 heavy (non-hydrogen) atoms. The Morgan fingerprint density at radius 3 is 1.12 bits per heavy atom. The molecule has 6 heteroatoms. The second kappa shape index (κ2) is 10.5. The number of nitrogens with one attached hydrogen (secondary N) is 2. The quantitative estimate of drug-likeness (QED) is 0.290. The van der Waals surface area contributed by atoms with Crippen LogP contribution < -0.4 is 0 Å². The zero-order valence-electron chi connectivity index (χ0n) is 17.1. The van der Waals surface area contributed by atoms with Gasteiger partial charge in [0.05, 0.1) is 22.8 Å². The minimum Gasteiger partial charge on any atom is -0.412 e. The first kappa shape index (κ1) is 22.9. The molecule has 3 aromatic heterocycles. The third kappa shape index (κ3) is 5.70. The Balaban J connectivity index is 0.000000317. The first-order valence-electron chi connectivity index (χ1n) is 9.85. The smallest absolute Gasteiger partial charge is 0.0659 e. The molecule has 0 amide bonds. The van der Waals surface area contributed by atoms with E-state index in [2.05, 4.69) is 50.3 Å². The van der Waals surface area contributed by atoms with Crippen molar-refractivity contribution in [1.82, 2.24) is 19.9 Å². The summed E-state index contributed by atoms with van der Waals surface area (Å²) in [5.41, 5.74) is 7.86. The molecule has 2 aliphatic rings. The largest absolute Gasteiger partial charge is 0.412 e. The average molecular weight is 465 g/mol. The van der Waals surface area contributed by atoms with Crippen molar-refractivity contribution < 1.29 is 22.0 Å². The van der Waals surface area contributed by atoms with Crippen LogP contribution in [0.5, 0.6) is 0 Å². The van der Waals surface area contributed by atoms with E-state index in [1.807, 2.05) is 78.9 Å². The predicted molar refractivity (Wildman–Crippen MR) is 129 cm³/mol. The maximum absolute atomic E-state index is 4.62. The third-order valence-corrected chi connectivity index (χ3v) is 4.71. The van der Waals surface area contributed by atoms with Crippen molar-refractivity contribution in [3.05, 3.63) is 108 Å². The van der Waals surface area contributed by atoms with Gasteiger partial charge in [-0.1, -0.05) is 36.4 Å². The van der Waals surface area contributed by atoms with Crippen molar-refractivity contribution in [2.45, 2.75) is 0 Å². The number of hydrogen-bond donors (Lipinski definition) is 2. The molecular formula is C26H22N4NiO. The molecule has 0 unspecified atom stereocenters. The molecule has 8 bridgehead atoms. The SMILES string of the molecule is C1=Cc2cc3ccc(cc4ccc(cc5nc(cc1n2)C=C5)[nH]4)[nH]3.O.[Ni].c1ccccc1. The number of aromatic nitrogens is 4. The van der Waals surface area contributed by atoms with E-state index in [0.717, 1.165) is 44.8 Å². The van der Waals surface area contributed by atoms with Crippen molar-refractivity contribution in [3.8, 4) is 0 Å². The van der Waals surface area contributed by atoms with Gasteiger partial charge in [-0.3, -0.25) is 0 Å². The number of rotatable bonds is 0. The summed E-state index contributed by atoms with van der Waals surface area (Å²) in [4.78, 5) is 16.0. The predicted octanol–water partition coefficient (Wildman–Crippen LogP) is 5.52. The van der Waals surface area contributed by atoms with Gasteiger partial charge < -0.3 is 15.4 Å². The van der Waals surface area contributed by atoms with E-state index in [0.29, 0.717) is 0 Å². The molecular weight excluding hydrogens is 443 g/mol. The molecule has 4 aromatic rings. The summed E-state index contributed by atoms with van der Waals surface area (Å²) in [5, 5.41) is 0. The van der Waals surface area contributed by atoms with E-state index in [4.69, 9.17) is 0 Å². The first-order valence-corrected chi connectivity index (χ1v) is 9.85. The number of hydrogen-bond acceptors (Lipinski definition) is 2. The average Bonchev–Trinajstić information content (AvgIpc) is 3.56. The monoisotopic (exact) mass is 464 g/mol. The molecule has 0 spiro atoms. The molecule has 0 fully saturated rings. The maximum atomic E-state index is 4.62. The van der Waals surface area contributed by atoms with E-state index < -0.39 is 0 Å². The van der Waals surface area contributed by atoms with Gasteiger partial charge >= 0.3 is 0 Å². The Hall–Kier alpha value is -3.73. The van der Waals surface area contributed by atoms with Gasteiger partial charge in [-0.05, 0) is 72.8 Å². The van der Waals surface area contributed by atoms with Gasteiger partial charge in [-0.2, -0.15) is 0 Å². The minimum absolute atomic E-state index is 0. The van der Waals surface area contributed by atoms with Gasteiger partial charge in [0.2, 0.25) is 0 Å². The second-order valence-electron chi connectivity index (χ2n) is 7.06. The van der Waals surface area contributed by atoms with Crippen LogP contribution in [0.4, 0.5) is 0 Å². The Labute approximate surface area is 195 Å². The molecule has 4 N–H and O–H groups in total. The van der Waals surface area contributed by atoms with E-state index in [1.165, 1.54) is 0 Å². The summed E-state index contributed by atoms with van der Waals surface area (Å²) in [6, 6.07) is 28.4. The van der Waals surface area contributed by atoms with Gasteiger partial charge in [0.1, 0.15) is 0 Å². The standard InChI is InChI=1S/C20H14N4.C6H6.Ni.H2O/c1-2-14-10-16-5-6-18(23-16)12-20-8-7-19(24-20)11-17-4-3-15(22-17)9-13(1)21-14;1-2-4-6-5-3-1;;/h1-12,21-22H;1-6H;;1H2. The summed E-state index contributed by atoms with van der Waals surface area (Å²) >= 11 is 0. The summed E-state index contributed by atoms with van der Waals surface area (Å²) in [6.07, 6.45) is 8.05. The topological polar surface area (TPSA) is 88.9 Å². The maximum Gasteiger partial charge on any atom is 0.0659 e. The summed E-state index contributed by atoms with van der Waals surface area (Å²) < 4.78 is 0. The zero-order valence-corrected chi connectivity index (χ0v) is 18.1. The van der Waals surface area contributed by atoms with Crippen LogP contribution in [0.3, 0.4) is 0 Å². The molecule has 0 saturated carbocycles. The Kier molecular flexibility index (Phi) is 7.55. The van der Waals surface area contributed by atoms with Gasteiger partial charge in [0.15, 0.2) is 0 Å². The molecule has 162 valence electrons. The Bertz CT molecular complexity index is 1290. The summed E-state index contributed by atoms with van der Waals surface area (Å²) in [7, 11) is 0. The molecule has 6 rings (SSSR count). The van der Waals surface area contributed by atoms with Crippen LogP contribution in [0.1, 0.15) is 22.8 Å². The van der Waals surface area contributed by atoms with Gasteiger partial charge in [-0.15, -0.1) is 0 Å². The third-order valence-electron chi connectivity index (χ3n) is 4.71. The molecule has 5 heterocycles. The first-order chi connectivity index (χ1) is 14.8. The summed E-state index contributed by atoms with van der Waals surface area (Å²) in [5.74, 6) is 0. The van der Waals surface area contributed by atoms with E-state index in [1.54, 1.807) is 0 Å². The fourth-order valence-corrected chi connectivity index (χ4v) is 3.33. The van der Waals surface area contributed by atoms with Crippen LogP contribution in [-0.2, 0) is 16.5 Å². The normalized spacial score (nSPS) is 11.0. The van der Waals surface area contributed by atoms with Crippen molar-refractivity contribution in [1.29, 1.82) is 0 Å². The molecule has 0 saturated heterocycles. The molecule has 0 atom stereocenters. The van der Waals surface area contributed by atoms with E-state index >= 15 is 0 Å². The Morgan fingerprint density at radius 1 is 0.438 bits per heavy atom. The van der Waals surface area contributed by atoms with Gasteiger partial charge in [0.25, 0.3) is 0 Å². The Morgan fingerprint density at radius 2 is 0.750 bits per heavy atom. The van der Waals surface area contributed by atoms with Crippen LogP contribution in [-0.4, -0.2) is 25.4 Å². The number of aromatic amines is 2. The number of nitrogens with zero attached hydrogens (tertiary/aromatic N) is 2. The number of benzene rings is 1. The van der Waals surface area contributed by atoms with Gasteiger partial charge in [0, 0.05) is 38.6 Å². The van der Waals surface area contributed by atoms with Crippen molar-refractivity contribution >= 4 is 46.4 Å². The molecule has 0 aliphatic carbocycles. The molecule has 0 radical (unpaired) electrons. The minimum atomic E-state index is 0. The summed E-state index contributed by atoms with van der Waals surface area (Å²) in [6.45, 7) is 0. The van der Waals surface area contributed by atoms with E-state index in [-0.39, 0.29) is 22.0 Å².